The summed E-state index contributed by atoms with van der Waals surface area (Å²) in [5.41, 5.74) is 2.59. The lowest BCUT2D eigenvalue weighted by Gasteiger charge is -2.15. The van der Waals surface area contributed by atoms with E-state index in [-0.39, 0.29) is 5.91 Å². The number of carbonyl (C=O) groups is 1. The number of aromatic nitrogens is 2. The van der Waals surface area contributed by atoms with Crippen molar-refractivity contribution in [2.24, 2.45) is 5.92 Å². The number of ether oxygens (including phenoxy) is 1. The van der Waals surface area contributed by atoms with E-state index >= 15 is 0 Å². The summed E-state index contributed by atoms with van der Waals surface area (Å²) in [6, 6.07) is 17.9. The van der Waals surface area contributed by atoms with Crippen LogP contribution in [0.15, 0.2) is 54.6 Å². The van der Waals surface area contributed by atoms with E-state index in [0.717, 1.165) is 30.4 Å². The lowest BCUT2D eigenvalue weighted by atomic mass is 10.1. The highest BCUT2D eigenvalue weighted by molar-refractivity contribution is 6.04. The van der Waals surface area contributed by atoms with Gasteiger partial charge in [0.1, 0.15) is 0 Å². The van der Waals surface area contributed by atoms with Crippen LogP contribution in [0.2, 0.25) is 0 Å². The van der Waals surface area contributed by atoms with Crippen molar-refractivity contribution in [2.45, 2.75) is 13.0 Å². The van der Waals surface area contributed by atoms with E-state index in [2.05, 4.69) is 22.3 Å². The summed E-state index contributed by atoms with van der Waals surface area (Å²) in [6.07, 6.45) is 0.975. The van der Waals surface area contributed by atoms with Crippen LogP contribution in [0, 0.1) is 5.92 Å². The van der Waals surface area contributed by atoms with Crippen LogP contribution < -0.4 is 0 Å². The van der Waals surface area contributed by atoms with Crippen LogP contribution >= 0.6 is 0 Å². The number of aromatic amines is 1. The Kier molecular flexibility index (Phi) is 4.48. The van der Waals surface area contributed by atoms with Gasteiger partial charge in [-0.25, -0.2) is 0 Å². The van der Waals surface area contributed by atoms with Gasteiger partial charge in [-0.3, -0.25) is 9.89 Å². The quantitative estimate of drug-likeness (QED) is 0.779. The number of nitrogens with one attached hydrogen (secondary N) is 1. The van der Waals surface area contributed by atoms with Crippen LogP contribution in [0.25, 0.3) is 10.9 Å². The first-order chi connectivity index (χ1) is 12.3. The molecular formula is C20H21N3O2. The SMILES string of the molecule is O=C(c1n[nH]c2ccccc12)N1CCC(COCc2ccccc2)C1. The normalized spacial score (nSPS) is 17.3. The summed E-state index contributed by atoms with van der Waals surface area (Å²) in [7, 11) is 0. The lowest BCUT2D eigenvalue weighted by molar-refractivity contribution is 0.0730. The van der Waals surface area contributed by atoms with Gasteiger partial charge in [-0.2, -0.15) is 5.10 Å². The number of benzene rings is 2. The predicted molar refractivity (Wildman–Crippen MR) is 96.2 cm³/mol. The first-order valence-electron chi connectivity index (χ1n) is 8.65. The van der Waals surface area contributed by atoms with Gasteiger partial charge in [0.25, 0.3) is 5.91 Å². The third-order valence-corrected chi connectivity index (χ3v) is 4.71. The van der Waals surface area contributed by atoms with Gasteiger partial charge in [0.15, 0.2) is 5.69 Å². The molecular weight excluding hydrogens is 314 g/mol. The molecule has 1 unspecified atom stereocenters. The molecule has 5 heteroatoms. The summed E-state index contributed by atoms with van der Waals surface area (Å²) in [5.74, 6) is 0.390. The van der Waals surface area contributed by atoms with Crippen molar-refractivity contribution in [3.8, 4) is 0 Å². The highest BCUT2D eigenvalue weighted by Gasteiger charge is 2.29. The van der Waals surface area contributed by atoms with Crippen LogP contribution in [0.1, 0.15) is 22.5 Å². The number of amides is 1. The maximum atomic E-state index is 12.8. The van der Waals surface area contributed by atoms with Gasteiger partial charge in [-0.1, -0.05) is 48.5 Å². The molecule has 1 atom stereocenters. The van der Waals surface area contributed by atoms with Crippen LogP contribution in [0.5, 0.6) is 0 Å². The third kappa shape index (κ3) is 3.42. The second-order valence-electron chi connectivity index (χ2n) is 6.52. The molecule has 1 aromatic heterocycles. The van der Waals surface area contributed by atoms with E-state index in [1.165, 1.54) is 5.56 Å². The minimum absolute atomic E-state index is 0.00279. The molecule has 0 saturated carbocycles. The molecule has 1 saturated heterocycles. The number of likely N-dealkylation sites (tertiary alicyclic amines) is 1. The summed E-state index contributed by atoms with van der Waals surface area (Å²) in [6.45, 7) is 2.80. The van der Waals surface area contributed by atoms with E-state index in [0.29, 0.717) is 24.8 Å². The molecule has 128 valence electrons. The Morgan fingerprint density at radius 2 is 1.96 bits per heavy atom. The average Bonchev–Trinajstić information content (AvgIpc) is 3.29. The fraction of sp³-hybridized carbons (Fsp3) is 0.300. The second-order valence-corrected chi connectivity index (χ2v) is 6.52. The number of hydrogen-bond acceptors (Lipinski definition) is 3. The van der Waals surface area contributed by atoms with Crippen molar-refractivity contribution in [2.75, 3.05) is 19.7 Å². The molecule has 0 spiro atoms. The number of nitrogens with zero attached hydrogens (tertiary/aromatic N) is 2. The first-order valence-corrected chi connectivity index (χ1v) is 8.65. The summed E-state index contributed by atoms with van der Waals surface area (Å²) in [5, 5.41) is 8.04. The smallest absolute Gasteiger partial charge is 0.275 e. The lowest BCUT2D eigenvalue weighted by Crippen LogP contribution is -2.29. The van der Waals surface area contributed by atoms with Crippen LogP contribution in [0.3, 0.4) is 0 Å². The van der Waals surface area contributed by atoms with Crippen LogP contribution in [0.4, 0.5) is 0 Å². The van der Waals surface area contributed by atoms with Crippen molar-refractivity contribution in [1.29, 1.82) is 0 Å². The molecule has 5 nitrogen and oxygen atoms in total. The van der Waals surface area contributed by atoms with Crippen LogP contribution in [-0.2, 0) is 11.3 Å². The molecule has 2 aromatic carbocycles. The highest BCUT2D eigenvalue weighted by Crippen LogP contribution is 2.22. The molecule has 0 bridgehead atoms. The van der Waals surface area contributed by atoms with E-state index in [9.17, 15) is 4.79 Å². The maximum absolute atomic E-state index is 12.8. The average molecular weight is 335 g/mol. The van der Waals surface area contributed by atoms with E-state index in [4.69, 9.17) is 4.74 Å². The minimum Gasteiger partial charge on any atom is -0.376 e. The van der Waals surface area contributed by atoms with Crippen molar-refractivity contribution in [3.05, 3.63) is 65.9 Å². The van der Waals surface area contributed by atoms with E-state index < -0.39 is 0 Å². The van der Waals surface area contributed by atoms with Crippen LogP contribution in [-0.4, -0.2) is 40.7 Å². The number of rotatable bonds is 5. The molecule has 1 aliphatic rings. The molecule has 1 fully saturated rings. The zero-order valence-corrected chi connectivity index (χ0v) is 14.0. The topological polar surface area (TPSA) is 58.2 Å². The standard InChI is InChI=1S/C20H21N3O2/c24-20(19-17-8-4-5-9-18(17)21-22-19)23-11-10-16(12-23)14-25-13-15-6-2-1-3-7-15/h1-9,16H,10-14H2,(H,21,22). The fourth-order valence-electron chi connectivity index (χ4n) is 3.35. The highest BCUT2D eigenvalue weighted by atomic mass is 16.5. The number of carbonyl (C=O) groups excluding carboxylic acids is 1. The van der Waals surface area contributed by atoms with Gasteiger partial charge in [0.05, 0.1) is 18.7 Å². The molecule has 0 aliphatic carbocycles. The Morgan fingerprint density at radius 3 is 2.84 bits per heavy atom. The minimum atomic E-state index is 0.00279. The number of fused-ring (bicyclic) bond motifs is 1. The molecule has 4 rings (SSSR count). The molecule has 1 N–H and O–H groups in total. The zero-order valence-electron chi connectivity index (χ0n) is 14.0. The maximum Gasteiger partial charge on any atom is 0.275 e. The summed E-state index contributed by atoms with van der Waals surface area (Å²) >= 11 is 0. The van der Waals surface area contributed by atoms with Crippen molar-refractivity contribution < 1.29 is 9.53 Å². The zero-order chi connectivity index (χ0) is 17.1. The van der Waals surface area contributed by atoms with Gasteiger partial charge in [-0.15, -0.1) is 0 Å². The van der Waals surface area contributed by atoms with E-state index in [1.807, 2.05) is 47.4 Å². The molecule has 0 radical (unpaired) electrons. The number of H-pyrrole nitrogens is 1. The number of para-hydroxylation sites is 1. The first kappa shape index (κ1) is 15.8. The molecule has 1 aliphatic heterocycles. The molecule has 1 amide bonds. The number of hydrogen-bond donors (Lipinski definition) is 1. The Morgan fingerprint density at radius 1 is 1.16 bits per heavy atom. The van der Waals surface area contributed by atoms with Crippen molar-refractivity contribution >= 4 is 16.8 Å². The van der Waals surface area contributed by atoms with Crippen molar-refractivity contribution in [1.82, 2.24) is 15.1 Å². The fourth-order valence-corrected chi connectivity index (χ4v) is 3.35. The Hall–Kier alpha value is -2.66. The second kappa shape index (κ2) is 7.07. The van der Waals surface area contributed by atoms with Crippen molar-refractivity contribution in [3.63, 3.8) is 0 Å². The Balaban J connectivity index is 1.33. The third-order valence-electron chi connectivity index (χ3n) is 4.71. The van der Waals surface area contributed by atoms with Gasteiger partial charge < -0.3 is 9.64 Å². The monoisotopic (exact) mass is 335 g/mol. The van der Waals surface area contributed by atoms with Gasteiger partial charge in [0, 0.05) is 24.4 Å². The summed E-state index contributed by atoms with van der Waals surface area (Å²) < 4.78 is 5.83. The Bertz CT molecular complexity index is 860. The molecule has 3 aromatic rings. The van der Waals surface area contributed by atoms with Gasteiger partial charge in [0.2, 0.25) is 0 Å². The Labute approximate surface area is 146 Å². The largest absolute Gasteiger partial charge is 0.376 e. The van der Waals surface area contributed by atoms with Gasteiger partial charge >= 0.3 is 0 Å². The molecule has 2 heterocycles. The van der Waals surface area contributed by atoms with E-state index in [1.54, 1.807) is 0 Å². The predicted octanol–water partition coefficient (Wildman–Crippen LogP) is 3.24. The molecule has 25 heavy (non-hydrogen) atoms. The summed E-state index contributed by atoms with van der Waals surface area (Å²) in [4.78, 5) is 14.7. The van der Waals surface area contributed by atoms with Gasteiger partial charge in [-0.05, 0) is 18.1 Å².